The molecular weight excluding hydrogens is 320 g/mol. The second kappa shape index (κ2) is 5.74. The van der Waals surface area contributed by atoms with Crippen LogP contribution in [0.1, 0.15) is 27.7 Å². The van der Waals surface area contributed by atoms with E-state index < -0.39 is 15.4 Å². The third-order valence-electron chi connectivity index (χ3n) is 4.21. The summed E-state index contributed by atoms with van der Waals surface area (Å²) in [5.74, 6) is 0.282. The number of para-hydroxylation sites is 1. The van der Waals surface area contributed by atoms with Crippen molar-refractivity contribution >= 4 is 21.7 Å². The van der Waals surface area contributed by atoms with Gasteiger partial charge in [0.05, 0.1) is 0 Å². The summed E-state index contributed by atoms with van der Waals surface area (Å²) in [5, 5.41) is -0.694. The molecular formula is C17H21ClO3S. The van der Waals surface area contributed by atoms with E-state index in [9.17, 15) is 8.42 Å². The highest BCUT2D eigenvalue weighted by molar-refractivity contribution is 7.88. The molecule has 0 heterocycles. The monoisotopic (exact) mass is 340 g/mol. The van der Waals surface area contributed by atoms with E-state index in [1.165, 1.54) is 0 Å². The first-order chi connectivity index (χ1) is 10.1. The van der Waals surface area contributed by atoms with Crippen LogP contribution in [0.25, 0.3) is 0 Å². The maximum absolute atomic E-state index is 12.4. The molecule has 1 aromatic carbocycles. The zero-order chi connectivity index (χ0) is 16.6. The van der Waals surface area contributed by atoms with Crippen LogP contribution in [-0.4, -0.2) is 13.7 Å². The molecule has 22 heavy (non-hydrogen) atoms. The molecule has 0 saturated heterocycles. The first kappa shape index (κ1) is 17.1. The minimum atomic E-state index is -3.87. The molecule has 2 atom stereocenters. The maximum Gasteiger partial charge on any atom is 0.320 e. The molecule has 0 fully saturated rings. The summed E-state index contributed by atoms with van der Waals surface area (Å²) in [4.78, 5) is 0. The van der Waals surface area contributed by atoms with Gasteiger partial charge in [0.15, 0.2) is 5.25 Å². The normalized spacial score (nSPS) is 25.7. The van der Waals surface area contributed by atoms with Crippen LogP contribution in [0.4, 0.5) is 0 Å². The zero-order valence-electron chi connectivity index (χ0n) is 13.2. The third-order valence-corrected chi connectivity index (χ3v) is 6.14. The lowest BCUT2D eigenvalue weighted by atomic mass is 9.66. The van der Waals surface area contributed by atoms with E-state index in [2.05, 4.69) is 20.8 Å². The predicted molar refractivity (Wildman–Crippen MR) is 90.4 cm³/mol. The quantitative estimate of drug-likeness (QED) is 0.600. The fourth-order valence-corrected chi connectivity index (χ4v) is 3.88. The van der Waals surface area contributed by atoms with Crippen molar-refractivity contribution in [2.45, 2.75) is 32.9 Å². The lowest BCUT2D eigenvalue weighted by Crippen LogP contribution is -2.35. The Hall–Kier alpha value is -1.26. The van der Waals surface area contributed by atoms with E-state index in [-0.39, 0.29) is 21.6 Å². The van der Waals surface area contributed by atoms with Gasteiger partial charge in [0.1, 0.15) is 5.75 Å². The third kappa shape index (κ3) is 3.39. The first-order valence-electron chi connectivity index (χ1n) is 7.11. The topological polar surface area (TPSA) is 43.4 Å². The van der Waals surface area contributed by atoms with Crippen LogP contribution < -0.4 is 4.18 Å². The number of allylic oxidation sites excluding steroid dienone is 2. The summed E-state index contributed by atoms with van der Waals surface area (Å²) in [7, 11) is -3.87. The van der Waals surface area contributed by atoms with Gasteiger partial charge in [-0.05, 0) is 17.5 Å². The van der Waals surface area contributed by atoms with Crippen molar-refractivity contribution in [3.05, 3.63) is 53.6 Å². The Morgan fingerprint density at radius 2 is 1.77 bits per heavy atom. The second-order valence-corrected chi connectivity index (χ2v) is 8.83. The molecule has 0 radical (unpaired) electrons. The van der Waals surface area contributed by atoms with E-state index in [1.54, 1.807) is 36.4 Å². The molecule has 0 aliphatic heterocycles. The average Bonchev–Trinajstić information content (AvgIpc) is 2.37. The molecule has 2 unspecified atom stereocenters. The summed E-state index contributed by atoms with van der Waals surface area (Å²) in [6.07, 6.45) is 5.33. The molecule has 0 bridgehead atoms. The number of halogens is 1. The van der Waals surface area contributed by atoms with Crippen molar-refractivity contribution in [2.75, 3.05) is 0 Å². The van der Waals surface area contributed by atoms with Crippen molar-refractivity contribution in [1.29, 1.82) is 0 Å². The number of hydrogen-bond acceptors (Lipinski definition) is 3. The van der Waals surface area contributed by atoms with Crippen LogP contribution in [0.5, 0.6) is 5.75 Å². The summed E-state index contributed by atoms with van der Waals surface area (Å²) in [5.41, 5.74) is -0.374. The molecule has 120 valence electrons. The fourth-order valence-electron chi connectivity index (χ4n) is 2.16. The van der Waals surface area contributed by atoms with Crippen molar-refractivity contribution in [3.8, 4) is 5.75 Å². The van der Waals surface area contributed by atoms with E-state index in [0.717, 1.165) is 0 Å². The van der Waals surface area contributed by atoms with Gasteiger partial charge in [-0.15, -0.1) is 0 Å². The van der Waals surface area contributed by atoms with E-state index in [1.807, 2.05) is 19.1 Å². The van der Waals surface area contributed by atoms with Crippen LogP contribution in [0.2, 0.25) is 0 Å². The Morgan fingerprint density at radius 1 is 1.18 bits per heavy atom. The Kier molecular flexibility index (Phi) is 4.46. The molecule has 0 saturated carbocycles. The van der Waals surface area contributed by atoms with Gasteiger partial charge in [-0.1, -0.05) is 75.7 Å². The molecule has 0 spiro atoms. The van der Waals surface area contributed by atoms with Gasteiger partial charge < -0.3 is 4.18 Å². The Bertz CT molecular complexity index is 699. The molecule has 0 amide bonds. The SMILES string of the molecule is CC(C)(C)C1(C)C=CC(S(=O)(=O)Oc2ccccc2)C(Cl)=C1. The Morgan fingerprint density at radius 3 is 2.27 bits per heavy atom. The van der Waals surface area contributed by atoms with Gasteiger partial charge in [0.25, 0.3) is 0 Å². The molecule has 1 aliphatic carbocycles. The molecule has 0 aromatic heterocycles. The van der Waals surface area contributed by atoms with E-state index in [4.69, 9.17) is 15.8 Å². The van der Waals surface area contributed by atoms with Crippen molar-refractivity contribution < 1.29 is 12.6 Å². The van der Waals surface area contributed by atoms with Crippen LogP contribution in [-0.2, 0) is 10.1 Å². The van der Waals surface area contributed by atoms with Gasteiger partial charge in [-0.25, -0.2) is 0 Å². The van der Waals surface area contributed by atoms with Gasteiger partial charge in [-0.3, -0.25) is 0 Å². The van der Waals surface area contributed by atoms with Crippen LogP contribution >= 0.6 is 11.6 Å². The summed E-state index contributed by atoms with van der Waals surface area (Å²) in [6.45, 7) is 8.31. The highest BCUT2D eigenvalue weighted by Crippen LogP contribution is 2.45. The number of rotatable bonds is 3. The van der Waals surface area contributed by atoms with Gasteiger partial charge in [0, 0.05) is 10.4 Å². The van der Waals surface area contributed by atoms with E-state index in [0.29, 0.717) is 0 Å². The summed E-state index contributed by atoms with van der Waals surface area (Å²) >= 11 is 6.27. The van der Waals surface area contributed by atoms with E-state index >= 15 is 0 Å². The minimum Gasteiger partial charge on any atom is -0.382 e. The highest BCUT2D eigenvalue weighted by atomic mass is 35.5. The molecule has 0 N–H and O–H groups in total. The number of hydrogen-bond donors (Lipinski definition) is 0. The minimum absolute atomic E-state index is 0.0708. The largest absolute Gasteiger partial charge is 0.382 e. The van der Waals surface area contributed by atoms with Gasteiger partial charge in [0.2, 0.25) is 0 Å². The van der Waals surface area contributed by atoms with Crippen molar-refractivity contribution in [2.24, 2.45) is 10.8 Å². The van der Waals surface area contributed by atoms with Gasteiger partial charge in [-0.2, -0.15) is 8.42 Å². The highest BCUT2D eigenvalue weighted by Gasteiger charge is 2.40. The molecule has 3 nitrogen and oxygen atoms in total. The Balaban J connectivity index is 2.28. The lowest BCUT2D eigenvalue weighted by molar-refractivity contribution is 0.225. The van der Waals surface area contributed by atoms with Gasteiger partial charge >= 0.3 is 10.1 Å². The van der Waals surface area contributed by atoms with Crippen LogP contribution in [0.3, 0.4) is 0 Å². The molecule has 1 aromatic rings. The first-order valence-corrected chi connectivity index (χ1v) is 8.96. The predicted octanol–water partition coefficient (Wildman–Crippen LogP) is 4.51. The molecule has 2 rings (SSSR count). The maximum atomic E-state index is 12.4. The van der Waals surface area contributed by atoms with Crippen molar-refractivity contribution in [3.63, 3.8) is 0 Å². The number of benzene rings is 1. The smallest absolute Gasteiger partial charge is 0.320 e. The summed E-state index contributed by atoms with van der Waals surface area (Å²) < 4.78 is 30.0. The standard InChI is InChI=1S/C17H21ClO3S/c1-16(2,3)17(4)11-10-15(14(18)12-17)22(19,20)21-13-8-6-5-7-9-13/h5-12,15H,1-4H3. The second-order valence-electron chi connectivity index (χ2n) is 6.73. The molecule has 5 heteroatoms. The van der Waals surface area contributed by atoms with Crippen molar-refractivity contribution in [1.82, 2.24) is 0 Å². The average molecular weight is 341 g/mol. The lowest BCUT2D eigenvalue weighted by Gasteiger charge is -2.40. The Labute approximate surface area is 137 Å². The fraction of sp³-hybridized carbons (Fsp3) is 0.412. The van der Waals surface area contributed by atoms with Crippen LogP contribution in [0, 0.1) is 10.8 Å². The zero-order valence-corrected chi connectivity index (χ0v) is 14.8. The molecule has 1 aliphatic rings. The van der Waals surface area contributed by atoms with Crippen LogP contribution in [0.15, 0.2) is 53.6 Å². The summed E-state index contributed by atoms with van der Waals surface area (Å²) in [6, 6.07) is 8.43.